The van der Waals surface area contributed by atoms with Gasteiger partial charge in [0.1, 0.15) is 5.69 Å². The van der Waals surface area contributed by atoms with Gasteiger partial charge in [-0.25, -0.2) is 0 Å². The predicted molar refractivity (Wildman–Crippen MR) is 82.3 cm³/mol. The molecule has 1 atom stereocenters. The van der Waals surface area contributed by atoms with Gasteiger partial charge in [0, 0.05) is 11.8 Å². The highest BCUT2D eigenvalue weighted by atomic mass is 16.6. The third-order valence-electron chi connectivity index (χ3n) is 3.01. The number of hydrogen-bond donors (Lipinski definition) is 1. The fourth-order valence-corrected chi connectivity index (χ4v) is 1.56. The fraction of sp³-hybridized carbons (Fsp3) is 0.385. The minimum absolute atomic E-state index is 0.0176. The molecule has 1 rings (SSSR count). The Morgan fingerprint density at radius 2 is 2.00 bits per heavy atom. The number of non-ortho nitro benzene ring substituents is 1. The minimum atomic E-state index is -0.755. The standard InChI is InChI=1S/C13H16N4O6/c1-4-23-13(18)8(2)9(3)14-15-11-6-5-10(16(19)20)7-12(11)17(21)22/h5-8,15H,4H2,1-3H3/b14-9-/t8-/m1/s1. The van der Waals surface area contributed by atoms with Crippen LogP contribution in [0.15, 0.2) is 23.3 Å². The van der Waals surface area contributed by atoms with Gasteiger partial charge in [0.05, 0.1) is 28.4 Å². The van der Waals surface area contributed by atoms with Crippen LogP contribution in [-0.4, -0.2) is 28.1 Å². The Hall–Kier alpha value is -3.04. The average Bonchev–Trinajstić information content (AvgIpc) is 2.51. The molecule has 1 N–H and O–H groups in total. The molecule has 124 valence electrons. The molecule has 0 aliphatic carbocycles. The topological polar surface area (TPSA) is 137 Å². The van der Waals surface area contributed by atoms with E-state index in [4.69, 9.17) is 4.74 Å². The van der Waals surface area contributed by atoms with Crippen LogP contribution in [0.2, 0.25) is 0 Å². The van der Waals surface area contributed by atoms with Gasteiger partial charge in [-0.3, -0.25) is 30.4 Å². The zero-order valence-corrected chi connectivity index (χ0v) is 12.8. The number of esters is 1. The number of nitrogens with zero attached hydrogens (tertiary/aromatic N) is 3. The summed E-state index contributed by atoms with van der Waals surface area (Å²) in [6, 6.07) is 3.14. The van der Waals surface area contributed by atoms with Gasteiger partial charge < -0.3 is 4.74 Å². The maximum atomic E-state index is 11.6. The molecule has 0 aliphatic heterocycles. The van der Waals surface area contributed by atoms with Crippen LogP contribution in [0.1, 0.15) is 20.8 Å². The van der Waals surface area contributed by atoms with Crippen molar-refractivity contribution in [1.82, 2.24) is 0 Å². The van der Waals surface area contributed by atoms with Crippen molar-refractivity contribution in [2.75, 3.05) is 12.0 Å². The Kier molecular flexibility index (Phi) is 6.13. The molecule has 1 aromatic carbocycles. The number of benzene rings is 1. The summed E-state index contributed by atoms with van der Waals surface area (Å²) < 4.78 is 4.85. The minimum Gasteiger partial charge on any atom is -0.465 e. The summed E-state index contributed by atoms with van der Waals surface area (Å²) in [7, 11) is 0. The van der Waals surface area contributed by atoms with E-state index < -0.39 is 33.1 Å². The van der Waals surface area contributed by atoms with Crippen LogP contribution < -0.4 is 5.43 Å². The lowest BCUT2D eigenvalue weighted by Gasteiger charge is -2.10. The Balaban J connectivity index is 3.00. The van der Waals surface area contributed by atoms with Gasteiger partial charge >= 0.3 is 11.7 Å². The highest BCUT2D eigenvalue weighted by Crippen LogP contribution is 2.29. The summed E-state index contributed by atoms with van der Waals surface area (Å²) in [5.74, 6) is -1.09. The summed E-state index contributed by atoms with van der Waals surface area (Å²) in [5, 5.41) is 25.6. The van der Waals surface area contributed by atoms with E-state index in [0.29, 0.717) is 5.71 Å². The van der Waals surface area contributed by atoms with E-state index in [9.17, 15) is 25.0 Å². The number of hydrazone groups is 1. The summed E-state index contributed by atoms with van der Waals surface area (Å²) in [5.41, 5.74) is 1.91. The number of ether oxygens (including phenoxy) is 1. The van der Waals surface area contributed by atoms with Crippen molar-refractivity contribution in [2.24, 2.45) is 11.0 Å². The molecule has 0 aliphatic rings. The highest BCUT2D eigenvalue weighted by Gasteiger charge is 2.20. The lowest BCUT2D eigenvalue weighted by atomic mass is 10.1. The maximum Gasteiger partial charge on any atom is 0.314 e. The van der Waals surface area contributed by atoms with Gasteiger partial charge in [-0.05, 0) is 26.8 Å². The van der Waals surface area contributed by atoms with Crippen molar-refractivity contribution in [3.63, 3.8) is 0 Å². The predicted octanol–water partition coefficient (Wildman–Crippen LogP) is 2.49. The number of rotatable bonds is 7. The second kappa shape index (κ2) is 7.82. The number of carbonyl (C=O) groups excluding carboxylic acids is 1. The van der Waals surface area contributed by atoms with E-state index in [1.165, 1.54) is 6.07 Å². The smallest absolute Gasteiger partial charge is 0.314 e. The van der Waals surface area contributed by atoms with Crippen LogP contribution in [0.5, 0.6) is 0 Å². The van der Waals surface area contributed by atoms with E-state index in [1.807, 2.05) is 0 Å². The molecule has 0 aromatic heterocycles. The second-order valence-corrected chi connectivity index (χ2v) is 4.55. The first-order valence-corrected chi connectivity index (χ1v) is 6.67. The molecule has 23 heavy (non-hydrogen) atoms. The van der Waals surface area contributed by atoms with E-state index in [2.05, 4.69) is 10.5 Å². The van der Waals surface area contributed by atoms with Crippen molar-refractivity contribution in [2.45, 2.75) is 20.8 Å². The molecular formula is C13H16N4O6. The van der Waals surface area contributed by atoms with Gasteiger partial charge in [-0.2, -0.15) is 5.10 Å². The quantitative estimate of drug-likeness (QED) is 0.352. The van der Waals surface area contributed by atoms with Crippen LogP contribution in [0.4, 0.5) is 17.1 Å². The summed E-state index contributed by atoms with van der Waals surface area (Å²) in [4.78, 5) is 31.7. The zero-order chi connectivity index (χ0) is 17.6. The zero-order valence-electron chi connectivity index (χ0n) is 12.8. The molecule has 0 heterocycles. The maximum absolute atomic E-state index is 11.6. The molecule has 1 aromatic rings. The van der Waals surface area contributed by atoms with Crippen molar-refractivity contribution < 1.29 is 19.4 Å². The third kappa shape index (κ3) is 4.73. The number of nitro benzene ring substituents is 2. The van der Waals surface area contributed by atoms with Crippen LogP contribution >= 0.6 is 0 Å². The second-order valence-electron chi connectivity index (χ2n) is 4.55. The number of nitrogens with one attached hydrogen (secondary N) is 1. The van der Waals surface area contributed by atoms with E-state index in [0.717, 1.165) is 12.1 Å². The van der Waals surface area contributed by atoms with Crippen LogP contribution in [0.25, 0.3) is 0 Å². The monoisotopic (exact) mass is 324 g/mol. The lowest BCUT2D eigenvalue weighted by molar-refractivity contribution is -0.393. The highest BCUT2D eigenvalue weighted by molar-refractivity contribution is 6.00. The molecule has 0 fully saturated rings. The molecule has 0 unspecified atom stereocenters. The first kappa shape index (κ1) is 18.0. The van der Waals surface area contributed by atoms with Gasteiger partial charge in [-0.15, -0.1) is 0 Å². The Labute approximate surface area is 131 Å². The normalized spacial score (nSPS) is 12.4. The Morgan fingerprint density at radius 1 is 1.35 bits per heavy atom. The molecule has 0 amide bonds. The summed E-state index contributed by atoms with van der Waals surface area (Å²) >= 11 is 0. The van der Waals surface area contributed by atoms with Gasteiger partial charge in [0.25, 0.3) is 5.69 Å². The van der Waals surface area contributed by atoms with Crippen LogP contribution in [0, 0.1) is 26.1 Å². The van der Waals surface area contributed by atoms with Crippen LogP contribution in [-0.2, 0) is 9.53 Å². The first-order chi connectivity index (χ1) is 10.8. The Bertz CT molecular complexity index is 658. The number of nitro groups is 2. The first-order valence-electron chi connectivity index (χ1n) is 6.67. The number of anilines is 1. The molecule has 10 nitrogen and oxygen atoms in total. The molecular weight excluding hydrogens is 308 g/mol. The number of hydrogen-bond acceptors (Lipinski definition) is 8. The number of carbonyl (C=O) groups is 1. The molecule has 10 heteroatoms. The fourth-order valence-electron chi connectivity index (χ4n) is 1.56. The van der Waals surface area contributed by atoms with Crippen LogP contribution in [0.3, 0.4) is 0 Å². The van der Waals surface area contributed by atoms with Crippen molar-refractivity contribution in [3.8, 4) is 0 Å². The molecule has 0 spiro atoms. The Morgan fingerprint density at radius 3 is 2.52 bits per heavy atom. The van der Waals surface area contributed by atoms with E-state index in [-0.39, 0.29) is 12.3 Å². The van der Waals surface area contributed by atoms with Crippen molar-refractivity contribution in [3.05, 3.63) is 38.4 Å². The summed E-state index contributed by atoms with van der Waals surface area (Å²) in [6.45, 7) is 5.06. The SMILES string of the molecule is CCOC(=O)[C@H](C)/C(C)=N\Nc1ccc([N+](=O)[O-])cc1[N+](=O)[O-]. The molecule has 0 radical (unpaired) electrons. The third-order valence-corrected chi connectivity index (χ3v) is 3.01. The van der Waals surface area contributed by atoms with Crippen molar-refractivity contribution in [1.29, 1.82) is 0 Å². The summed E-state index contributed by atoms with van der Waals surface area (Å²) in [6.07, 6.45) is 0. The molecule has 0 bridgehead atoms. The van der Waals surface area contributed by atoms with Gasteiger partial charge in [0.15, 0.2) is 0 Å². The average molecular weight is 324 g/mol. The lowest BCUT2D eigenvalue weighted by Crippen LogP contribution is -2.22. The van der Waals surface area contributed by atoms with E-state index >= 15 is 0 Å². The largest absolute Gasteiger partial charge is 0.465 e. The van der Waals surface area contributed by atoms with Gasteiger partial charge in [0.2, 0.25) is 0 Å². The molecule has 0 saturated carbocycles. The van der Waals surface area contributed by atoms with Gasteiger partial charge in [-0.1, -0.05) is 0 Å². The molecule has 0 saturated heterocycles. The van der Waals surface area contributed by atoms with E-state index in [1.54, 1.807) is 20.8 Å². The van der Waals surface area contributed by atoms with Crippen molar-refractivity contribution >= 4 is 28.7 Å².